The lowest BCUT2D eigenvalue weighted by Crippen LogP contribution is -2.17. The lowest BCUT2D eigenvalue weighted by Gasteiger charge is -2.10. The van der Waals surface area contributed by atoms with Crippen molar-refractivity contribution in [3.8, 4) is 16.9 Å². The smallest absolute Gasteiger partial charge is 0.259 e. The Morgan fingerprint density at radius 3 is 2.06 bits per heavy atom. The largest absolute Gasteiger partial charge is 0.326 e. The molecule has 0 fully saturated rings. The SMILES string of the molecule is Cc1ccccc1-c1nn(-c2ccccc2)cc1C(=O)Nc1ccc(NC(=O)C(C)C)cc1. The second-order valence-corrected chi connectivity index (χ2v) is 8.16. The Hall–Kier alpha value is -4.19. The van der Waals surface area contributed by atoms with E-state index in [0.29, 0.717) is 22.6 Å². The summed E-state index contributed by atoms with van der Waals surface area (Å²) in [6.07, 6.45) is 1.75. The van der Waals surface area contributed by atoms with E-state index in [4.69, 9.17) is 5.10 Å². The summed E-state index contributed by atoms with van der Waals surface area (Å²) in [5, 5.41) is 10.5. The summed E-state index contributed by atoms with van der Waals surface area (Å²) < 4.78 is 1.72. The Morgan fingerprint density at radius 2 is 1.42 bits per heavy atom. The zero-order valence-corrected chi connectivity index (χ0v) is 18.9. The van der Waals surface area contributed by atoms with Crippen LogP contribution in [0.5, 0.6) is 0 Å². The van der Waals surface area contributed by atoms with E-state index in [1.54, 1.807) is 35.1 Å². The molecule has 1 aromatic heterocycles. The highest BCUT2D eigenvalue weighted by Gasteiger charge is 2.20. The third-order valence-electron chi connectivity index (χ3n) is 5.31. The van der Waals surface area contributed by atoms with E-state index < -0.39 is 0 Å². The molecule has 33 heavy (non-hydrogen) atoms. The van der Waals surface area contributed by atoms with E-state index in [-0.39, 0.29) is 17.7 Å². The predicted molar refractivity (Wildman–Crippen MR) is 132 cm³/mol. The number of aryl methyl sites for hydroxylation is 1. The van der Waals surface area contributed by atoms with Crippen molar-refractivity contribution < 1.29 is 9.59 Å². The van der Waals surface area contributed by atoms with Crippen LogP contribution in [-0.2, 0) is 4.79 Å². The zero-order chi connectivity index (χ0) is 23.4. The van der Waals surface area contributed by atoms with Crippen LogP contribution in [0.15, 0.2) is 85.1 Å². The van der Waals surface area contributed by atoms with E-state index in [1.807, 2.05) is 75.4 Å². The molecule has 2 N–H and O–H groups in total. The lowest BCUT2D eigenvalue weighted by molar-refractivity contribution is -0.118. The van der Waals surface area contributed by atoms with Gasteiger partial charge < -0.3 is 10.6 Å². The maximum absolute atomic E-state index is 13.3. The van der Waals surface area contributed by atoms with Crippen LogP contribution in [0.25, 0.3) is 16.9 Å². The van der Waals surface area contributed by atoms with Gasteiger partial charge in [0, 0.05) is 29.1 Å². The van der Waals surface area contributed by atoms with Crippen molar-refractivity contribution in [3.05, 3.63) is 96.2 Å². The van der Waals surface area contributed by atoms with Crippen LogP contribution in [0.4, 0.5) is 11.4 Å². The van der Waals surface area contributed by atoms with Gasteiger partial charge in [-0.05, 0) is 48.9 Å². The van der Waals surface area contributed by atoms with Gasteiger partial charge >= 0.3 is 0 Å². The molecule has 0 bridgehead atoms. The standard InChI is InChI=1S/C27H26N4O2/c1-18(2)26(32)28-20-13-15-21(16-14-20)29-27(33)24-17-31(22-10-5-4-6-11-22)30-25(24)23-12-8-7-9-19(23)3/h4-18H,1-3H3,(H,28,32)(H,29,33). The molecular formula is C27H26N4O2. The molecular weight excluding hydrogens is 412 g/mol. The first-order valence-electron chi connectivity index (χ1n) is 10.9. The Balaban J connectivity index is 1.63. The van der Waals surface area contributed by atoms with Gasteiger partial charge in [0.25, 0.3) is 5.91 Å². The molecule has 4 rings (SSSR count). The van der Waals surface area contributed by atoms with E-state index >= 15 is 0 Å². The average Bonchev–Trinajstić information content (AvgIpc) is 3.26. The van der Waals surface area contributed by atoms with Gasteiger partial charge in [0.05, 0.1) is 11.3 Å². The Kier molecular flexibility index (Phi) is 6.36. The number of para-hydroxylation sites is 1. The molecule has 0 saturated carbocycles. The maximum atomic E-state index is 13.3. The molecule has 2 amide bonds. The molecule has 6 nitrogen and oxygen atoms in total. The van der Waals surface area contributed by atoms with Gasteiger partial charge in [-0.2, -0.15) is 5.10 Å². The van der Waals surface area contributed by atoms with Crippen molar-refractivity contribution >= 4 is 23.2 Å². The van der Waals surface area contributed by atoms with Gasteiger partial charge in [0.1, 0.15) is 5.69 Å². The molecule has 166 valence electrons. The van der Waals surface area contributed by atoms with Gasteiger partial charge in [-0.15, -0.1) is 0 Å². The topological polar surface area (TPSA) is 76.0 Å². The maximum Gasteiger partial charge on any atom is 0.259 e. The summed E-state index contributed by atoms with van der Waals surface area (Å²) in [7, 11) is 0. The lowest BCUT2D eigenvalue weighted by atomic mass is 10.0. The van der Waals surface area contributed by atoms with Crippen LogP contribution < -0.4 is 10.6 Å². The van der Waals surface area contributed by atoms with E-state index in [9.17, 15) is 9.59 Å². The van der Waals surface area contributed by atoms with Crippen LogP contribution in [0.3, 0.4) is 0 Å². The summed E-state index contributed by atoms with van der Waals surface area (Å²) in [5.41, 5.74) is 5.23. The van der Waals surface area contributed by atoms with E-state index in [0.717, 1.165) is 16.8 Å². The second-order valence-electron chi connectivity index (χ2n) is 8.16. The number of amides is 2. The number of hydrogen-bond acceptors (Lipinski definition) is 3. The molecule has 0 aliphatic rings. The fraction of sp³-hybridized carbons (Fsp3) is 0.148. The number of benzene rings is 3. The normalized spacial score (nSPS) is 10.8. The molecule has 4 aromatic rings. The third-order valence-corrected chi connectivity index (χ3v) is 5.31. The quantitative estimate of drug-likeness (QED) is 0.406. The molecule has 0 unspecified atom stereocenters. The summed E-state index contributed by atoms with van der Waals surface area (Å²) in [4.78, 5) is 25.2. The third kappa shape index (κ3) is 5.01. The summed E-state index contributed by atoms with van der Waals surface area (Å²) in [6, 6.07) is 24.6. The first-order valence-corrected chi connectivity index (χ1v) is 10.9. The van der Waals surface area contributed by atoms with Crippen LogP contribution >= 0.6 is 0 Å². The molecule has 0 spiro atoms. The van der Waals surface area contributed by atoms with Gasteiger partial charge in [-0.3, -0.25) is 9.59 Å². The number of nitrogens with one attached hydrogen (secondary N) is 2. The van der Waals surface area contributed by atoms with E-state index in [2.05, 4.69) is 10.6 Å². The van der Waals surface area contributed by atoms with Crippen LogP contribution in [-0.4, -0.2) is 21.6 Å². The second kappa shape index (κ2) is 9.53. The zero-order valence-electron chi connectivity index (χ0n) is 18.9. The summed E-state index contributed by atoms with van der Waals surface area (Å²) in [6.45, 7) is 5.68. The molecule has 0 atom stereocenters. The Labute approximate surface area is 193 Å². The number of rotatable bonds is 6. The number of aromatic nitrogens is 2. The average molecular weight is 439 g/mol. The molecule has 3 aromatic carbocycles. The summed E-state index contributed by atoms with van der Waals surface area (Å²) in [5.74, 6) is -0.414. The number of hydrogen-bond donors (Lipinski definition) is 2. The number of carbonyl (C=O) groups excluding carboxylic acids is 2. The minimum Gasteiger partial charge on any atom is -0.326 e. The highest BCUT2D eigenvalue weighted by molar-refractivity contribution is 6.08. The fourth-order valence-corrected chi connectivity index (χ4v) is 3.41. The highest BCUT2D eigenvalue weighted by Crippen LogP contribution is 2.27. The van der Waals surface area contributed by atoms with Crippen molar-refractivity contribution in [1.29, 1.82) is 0 Å². The number of anilines is 2. The Bertz CT molecular complexity index is 1280. The number of carbonyl (C=O) groups is 2. The van der Waals surface area contributed by atoms with Gasteiger partial charge in [0.15, 0.2) is 0 Å². The van der Waals surface area contributed by atoms with Crippen LogP contribution in [0, 0.1) is 12.8 Å². The first-order chi connectivity index (χ1) is 15.9. The minimum absolute atomic E-state index is 0.0528. The van der Waals surface area contributed by atoms with Crippen molar-refractivity contribution in [1.82, 2.24) is 9.78 Å². The van der Waals surface area contributed by atoms with Crippen molar-refractivity contribution in [2.45, 2.75) is 20.8 Å². The first kappa shape index (κ1) is 22.0. The molecule has 1 heterocycles. The fourth-order valence-electron chi connectivity index (χ4n) is 3.41. The molecule has 0 saturated heterocycles. The summed E-state index contributed by atoms with van der Waals surface area (Å²) >= 11 is 0. The highest BCUT2D eigenvalue weighted by atomic mass is 16.2. The Morgan fingerprint density at radius 1 is 0.818 bits per heavy atom. The van der Waals surface area contributed by atoms with E-state index in [1.165, 1.54) is 0 Å². The van der Waals surface area contributed by atoms with Gasteiger partial charge in [0.2, 0.25) is 5.91 Å². The van der Waals surface area contributed by atoms with Crippen molar-refractivity contribution in [2.24, 2.45) is 5.92 Å². The van der Waals surface area contributed by atoms with Gasteiger partial charge in [-0.25, -0.2) is 4.68 Å². The van der Waals surface area contributed by atoms with Gasteiger partial charge in [-0.1, -0.05) is 56.3 Å². The van der Waals surface area contributed by atoms with Crippen LogP contribution in [0.1, 0.15) is 29.8 Å². The monoisotopic (exact) mass is 438 g/mol. The predicted octanol–water partition coefficient (Wildman–Crippen LogP) is 5.69. The minimum atomic E-state index is -0.255. The van der Waals surface area contributed by atoms with Crippen molar-refractivity contribution in [3.63, 3.8) is 0 Å². The molecule has 0 radical (unpaired) electrons. The van der Waals surface area contributed by atoms with Crippen LogP contribution in [0.2, 0.25) is 0 Å². The molecule has 0 aliphatic heterocycles. The molecule has 6 heteroatoms. The number of nitrogens with zero attached hydrogens (tertiary/aromatic N) is 2. The van der Waals surface area contributed by atoms with Crippen molar-refractivity contribution in [2.75, 3.05) is 10.6 Å². The molecule has 0 aliphatic carbocycles.